The minimum Gasteiger partial charge on any atom is -0.361 e. The molecule has 0 saturated carbocycles. The molecule has 2 aromatic heterocycles. The van der Waals surface area contributed by atoms with Crippen LogP contribution in [0.3, 0.4) is 0 Å². The fourth-order valence-electron chi connectivity index (χ4n) is 2.62. The Morgan fingerprint density at radius 2 is 2.13 bits per heavy atom. The Balaban J connectivity index is 1.67. The molecule has 0 aromatic carbocycles. The number of hydrogen-bond acceptors (Lipinski definition) is 6. The van der Waals surface area contributed by atoms with Gasteiger partial charge in [-0.25, -0.2) is 8.42 Å². The quantitative estimate of drug-likeness (QED) is 0.821. The van der Waals surface area contributed by atoms with Crippen LogP contribution >= 0.6 is 22.9 Å². The Bertz CT molecular complexity index is 772. The van der Waals surface area contributed by atoms with Crippen molar-refractivity contribution in [3.63, 3.8) is 0 Å². The van der Waals surface area contributed by atoms with E-state index in [2.05, 4.69) is 10.1 Å². The van der Waals surface area contributed by atoms with E-state index < -0.39 is 10.0 Å². The van der Waals surface area contributed by atoms with Gasteiger partial charge in [-0.05, 0) is 32.0 Å². The first-order chi connectivity index (χ1) is 11.0. The number of thiophene rings is 1. The summed E-state index contributed by atoms with van der Waals surface area (Å²) in [5.41, 5.74) is 1.05. The summed E-state index contributed by atoms with van der Waals surface area (Å²) < 4.78 is 32.8. The summed E-state index contributed by atoms with van der Waals surface area (Å²) in [6, 6.07) is 3.20. The lowest BCUT2D eigenvalue weighted by atomic mass is 10.2. The van der Waals surface area contributed by atoms with Gasteiger partial charge in [0, 0.05) is 31.7 Å². The maximum atomic E-state index is 12.7. The van der Waals surface area contributed by atoms with E-state index in [1.165, 1.54) is 0 Å². The van der Waals surface area contributed by atoms with E-state index in [1.54, 1.807) is 22.6 Å². The maximum absolute atomic E-state index is 12.7. The first kappa shape index (κ1) is 16.9. The maximum Gasteiger partial charge on any atom is 0.252 e. The van der Waals surface area contributed by atoms with Crippen LogP contribution in [0.4, 0.5) is 0 Å². The van der Waals surface area contributed by atoms with Crippen molar-refractivity contribution >= 4 is 33.0 Å². The van der Waals surface area contributed by atoms with Crippen LogP contribution in [0.2, 0.25) is 4.34 Å². The third kappa shape index (κ3) is 3.77. The van der Waals surface area contributed by atoms with Crippen LogP contribution in [0.25, 0.3) is 0 Å². The molecule has 3 rings (SSSR count). The Morgan fingerprint density at radius 3 is 2.78 bits per heavy atom. The van der Waals surface area contributed by atoms with Gasteiger partial charge in [0.05, 0.1) is 10.5 Å². The zero-order valence-electron chi connectivity index (χ0n) is 12.7. The molecule has 0 atom stereocenters. The number of nitrogens with zero attached hydrogens (tertiary/aromatic N) is 3. The predicted octanol–water partition coefficient (Wildman–Crippen LogP) is 2.59. The van der Waals surface area contributed by atoms with Crippen LogP contribution in [-0.2, 0) is 16.6 Å². The molecule has 0 spiro atoms. The molecule has 0 bridgehead atoms. The molecule has 1 aliphatic heterocycles. The van der Waals surface area contributed by atoms with E-state index in [4.69, 9.17) is 16.1 Å². The van der Waals surface area contributed by atoms with Crippen LogP contribution in [0.5, 0.6) is 0 Å². The van der Waals surface area contributed by atoms with Gasteiger partial charge in [-0.15, -0.1) is 11.3 Å². The first-order valence-corrected chi connectivity index (χ1v) is 9.98. The summed E-state index contributed by atoms with van der Waals surface area (Å²) in [6.45, 7) is 5.15. The van der Waals surface area contributed by atoms with Crippen molar-refractivity contribution in [2.45, 2.75) is 24.1 Å². The highest BCUT2D eigenvalue weighted by molar-refractivity contribution is 7.91. The van der Waals surface area contributed by atoms with Gasteiger partial charge in [-0.3, -0.25) is 4.90 Å². The average Bonchev–Trinajstić information content (AvgIpc) is 3.03. The second-order valence-corrected chi connectivity index (χ2v) is 9.38. The lowest BCUT2D eigenvalue weighted by Crippen LogP contribution is -2.34. The molecule has 0 aliphatic carbocycles. The van der Waals surface area contributed by atoms with E-state index in [9.17, 15) is 8.42 Å². The highest BCUT2D eigenvalue weighted by Gasteiger charge is 2.28. The number of sulfonamides is 1. The zero-order chi connectivity index (χ0) is 16.4. The third-order valence-electron chi connectivity index (χ3n) is 3.93. The summed E-state index contributed by atoms with van der Waals surface area (Å²) in [5, 5.41) is 3.79. The topological polar surface area (TPSA) is 66.7 Å². The van der Waals surface area contributed by atoms with Gasteiger partial charge in [0.25, 0.3) is 10.0 Å². The zero-order valence-corrected chi connectivity index (χ0v) is 15.1. The smallest absolute Gasteiger partial charge is 0.252 e. The van der Waals surface area contributed by atoms with E-state index >= 15 is 0 Å². The average molecular weight is 376 g/mol. The van der Waals surface area contributed by atoms with Crippen LogP contribution in [0.15, 0.2) is 27.1 Å². The molecular weight excluding hydrogens is 358 g/mol. The molecule has 1 fully saturated rings. The third-order valence-corrected chi connectivity index (χ3v) is 7.53. The fraction of sp³-hybridized carbons (Fsp3) is 0.500. The van der Waals surface area contributed by atoms with Gasteiger partial charge >= 0.3 is 0 Å². The van der Waals surface area contributed by atoms with Crippen molar-refractivity contribution < 1.29 is 12.9 Å². The van der Waals surface area contributed by atoms with Crippen molar-refractivity contribution in [2.24, 2.45) is 0 Å². The molecule has 6 nitrogen and oxygen atoms in total. The molecule has 0 radical (unpaired) electrons. The van der Waals surface area contributed by atoms with E-state index in [1.807, 2.05) is 6.92 Å². The molecule has 1 saturated heterocycles. The Morgan fingerprint density at radius 1 is 1.30 bits per heavy atom. The molecule has 2 aromatic rings. The Hall–Kier alpha value is -0.930. The van der Waals surface area contributed by atoms with Crippen LogP contribution in [0.1, 0.15) is 17.7 Å². The molecule has 1 aliphatic rings. The Labute approximate surface area is 144 Å². The van der Waals surface area contributed by atoms with Crippen molar-refractivity contribution in [2.75, 3.05) is 26.2 Å². The summed E-state index contributed by atoms with van der Waals surface area (Å²) in [7, 11) is -3.45. The number of hydrogen-bond donors (Lipinski definition) is 0. The van der Waals surface area contributed by atoms with Gasteiger partial charge in [-0.1, -0.05) is 16.8 Å². The van der Waals surface area contributed by atoms with E-state index in [-0.39, 0.29) is 0 Å². The molecule has 0 unspecified atom stereocenters. The van der Waals surface area contributed by atoms with Gasteiger partial charge in [0.2, 0.25) is 0 Å². The van der Waals surface area contributed by atoms with Crippen molar-refractivity contribution in [1.82, 2.24) is 14.4 Å². The monoisotopic (exact) mass is 375 g/mol. The van der Waals surface area contributed by atoms with E-state index in [0.717, 1.165) is 42.2 Å². The fourth-order valence-corrected chi connectivity index (χ4v) is 5.73. The van der Waals surface area contributed by atoms with Crippen LogP contribution in [-0.4, -0.2) is 49.0 Å². The summed E-state index contributed by atoms with van der Waals surface area (Å²) >= 11 is 6.97. The molecule has 9 heteroatoms. The lowest BCUT2D eigenvalue weighted by Gasteiger charge is -2.20. The number of aryl methyl sites for hydroxylation is 1. The highest BCUT2D eigenvalue weighted by Crippen LogP contribution is 2.28. The molecular formula is C14H18ClN3O3S2. The first-order valence-electron chi connectivity index (χ1n) is 7.35. The summed E-state index contributed by atoms with van der Waals surface area (Å²) in [6.07, 6.45) is 2.52. The molecule has 0 amide bonds. The predicted molar refractivity (Wildman–Crippen MR) is 89.2 cm³/mol. The number of halogens is 1. The number of aromatic nitrogens is 1. The van der Waals surface area contributed by atoms with Crippen LogP contribution < -0.4 is 0 Å². The normalized spacial score (nSPS) is 18.2. The highest BCUT2D eigenvalue weighted by atomic mass is 35.5. The van der Waals surface area contributed by atoms with Crippen molar-refractivity contribution in [1.29, 1.82) is 0 Å². The SMILES string of the molecule is Cc1oncc1CN1CCCN(S(=O)(=O)c2ccc(Cl)s2)CC1. The standard InChI is InChI=1S/C14H18ClN3O3S2/c1-11-12(9-16-21-11)10-17-5-2-6-18(8-7-17)23(19,20)14-4-3-13(15)22-14/h3-4,9H,2,5-8,10H2,1H3. The van der Waals surface area contributed by atoms with Crippen molar-refractivity contribution in [3.05, 3.63) is 34.0 Å². The Kier molecular flexibility index (Phi) is 5.07. The lowest BCUT2D eigenvalue weighted by molar-refractivity contribution is 0.276. The molecule has 0 N–H and O–H groups in total. The second-order valence-electron chi connectivity index (χ2n) is 5.50. The summed E-state index contributed by atoms with van der Waals surface area (Å²) in [5.74, 6) is 0.812. The molecule has 126 valence electrons. The van der Waals surface area contributed by atoms with Crippen LogP contribution in [0, 0.1) is 6.92 Å². The van der Waals surface area contributed by atoms with Gasteiger partial charge in [-0.2, -0.15) is 4.31 Å². The van der Waals surface area contributed by atoms with Crippen molar-refractivity contribution in [3.8, 4) is 0 Å². The van der Waals surface area contributed by atoms with Gasteiger partial charge < -0.3 is 4.52 Å². The molecule has 23 heavy (non-hydrogen) atoms. The second kappa shape index (κ2) is 6.90. The van der Waals surface area contributed by atoms with E-state index in [0.29, 0.717) is 28.2 Å². The molecule has 3 heterocycles. The number of rotatable bonds is 4. The minimum atomic E-state index is -3.45. The summed E-state index contributed by atoms with van der Waals surface area (Å²) in [4.78, 5) is 2.23. The largest absolute Gasteiger partial charge is 0.361 e. The minimum absolute atomic E-state index is 0.311. The van der Waals surface area contributed by atoms with Gasteiger partial charge in [0.1, 0.15) is 9.97 Å². The van der Waals surface area contributed by atoms with Gasteiger partial charge in [0.15, 0.2) is 0 Å².